The van der Waals surface area contributed by atoms with Crippen LogP contribution in [-0.4, -0.2) is 18.8 Å². The molecule has 0 saturated carbocycles. The lowest BCUT2D eigenvalue weighted by Crippen LogP contribution is -2.23. The predicted octanol–water partition coefficient (Wildman–Crippen LogP) is 3.46. The molecule has 1 aromatic carbocycles. The topological polar surface area (TPSA) is 12.0 Å². The van der Waals surface area contributed by atoms with Gasteiger partial charge in [0.15, 0.2) is 0 Å². The molecule has 0 aliphatic carbocycles. The molecule has 0 aromatic heterocycles. The smallest absolute Gasteiger partial charge is 0.0406 e. The fraction of sp³-hybridized carbons (Fsp3) is 0.400. The Hall–Kier alpha value is 0.110. The molecule has 0 aliphatic rings. The molecule has 1 unspecified atom stereocenters. The van der Waals surface area contributed by atoms with Gasteiger partial charge in [0.1, 0.15) is 0 Å². The van der Waals surface area contributed by atoms with Crippen molar-refractivity contribution in [2.75, 3.05) is 12.8 Å². The minimum absolute atomic E-state index is 0. The molecule has 0 bridgehead atoms. The molecule has 1 N–H and O–H groups in total. The molecular formula is C10H15Cl2NS. The summed E-state index contributed by atoms with van der Waals surface area (Å²) in [6.45, 7) is 2.17. The monoisotopic (exact) mass is 251 g/mol. The van der Waals surface area contributed by atoms with Gasteiger partial charge in [-0.05, 0) is 38.2 Å². The van der Waals surface area contributed by atoms with E-state index in [2.05, 4.69) is 24.4 Å². The number of halogens is 2. The summed E-state index contributed by atoms with van der Waals surface area (Å²) in [5.41, 5.74) is 0. The molecule has 1 rings (SSSR count). The number of hydrogen-bond acceptors (Lipinski definition) is 2. The average molecular weight is 252 g/mol. The highest BCUT2D eigenvalue weighted by Crippen LogP contribution is 2.20. The first-order valence-electron chi connectivity index (χ1n) is 4.28. The Morgan fingerprint density at radius 1 is 1.36 bits per heavy atom. The van der Waals surface area contributed by atoms with Gasteiger partial charge in [0, 0.05) is 21.7 Å². The maximum Gasteiger partial charge on any atom is 0.0406 e. The molecule has 0 radical (unpaired) electrons. The molecule has 0 saturated heterocycles. The van der Waals surface area contributed by atoms with Crippen LogP contribution in [0.15, 0.2) is 29.2 Å². The first-order valence-corrected chi connectivity index (χ1v) is 5.64. The normalized spacial score (nSPS) is 11.9. The van der Waals surface area contributed by atoms with E-state index in [1.807, 2.05) is 30.9 Å². The summed E-state index contributed by atoms with van der Waals surface area (Å²) in [6, 6.07) is 8.49. The van der Waals surface area contributed by atoms with E-state index in [9.17, 15) is 0 Å². The van der Waals surface area contributed by atoms with Crippen molar-refractivity contribution >= 4 is 35.8 Å². The summed E-state index contributed by atoms with van der Waals surface area (Å²) in [5.74, 6) is 1.08. The Morgan fingerprint density at radius 3 is 2.43 bits per heavy atom. The minimum Gasteiger partial charge on any atom is -0.316 e. The van der Waals surface area contributed by atoms with Crippen LogP contribution >= 0.6 is 35.8 Å². The van der Waals surface area contributed by atoms with Gasteiger partial charge in [-0.25, -0.2) is 0 Å². The Morgan fingerprint density at radius 2 is 1.93 bits per heavy atom. The summed E-state index contributed by atoms with van der Waals surface area (Å²) in [7, 11) is 1.98. The maximum atomic E-state index is 5.78. The van der Waals surface area contributed by atoms with Gasteiger partial charge >= 0.3 is 0 Å². The minimum atomic E-state index is 0. The fourth-order valence-corrected chi connectivity index (χ4v) is 1.90. The van der Waals surface area contributed by atoms with Crippen molar-refractivity contribution < 1.29 is 0 Å². The summed E-state index contributed by atoms with van der Waals surface area (Å²) in [4.78, 5) is 1.27. The second-order valence-corrected chi connectivity index (χ2v) is 4.48. The van der Waals surface area contributed by atoms with E-state index < -0.39 is 0 Å². The van der Waals surface area contributed by atoms with E-state index in [0.717, 1.165) is 10.8 Å². The standard InChI is InChI=1S/C10H14ClNS.ClH/c1-8(12-2)7-13-10-5-3-9(11)4-6-10;/h3-6,8,12H,7H2,1-2H3;1H. The SMILES string of the molecule is CNC(C)CSc1ccc(Cl)cc1.Cl. The molecule has 0 spiro atoms. The first kappa shape index (κ1) is 14.1. The molecule has 14 heavy (non-hydrogen) atoms. The second kappa shape index (κ2) is 7.41. The second-order valence-electron chi connectivity index (χ2n) is 2.95. The highest BCUT2D eigenvalue weighted by Gasteiger charge is 1.99. The molecule has 4 heteroatoms. The van der Waals surface area contributed by atoms with Crippen molar-refractivity contribution in [2.45, 2.75) is 17.9 Å². The van der Waals surface area contributed by atoms with Gasteiger partial charge in [-0.15, -0.1) is 24.2 Å². The van der Waals surface area contributed by atoms with Crippen LogP contribution in [0.25, 0.3) is 0 Å². The van der Waals surface area contributed by atoms with E-state index >= 15 is 0 Å². The van der Waals surface area contributed by atoms with Crippen molar-refractivity contribution in [3.8, 4) is 0 Å². The number of nitrogens with one attached hydrogen (secondary N) is 1. The Balaban J connectivity index is 0.00000169. The lowest BCUT2D eigenvalue weighted by Gasteiger charge is -2.08. The lowest BCUT2D eigenvalue weighted by atomic mass is 10.4. The molecule has 0 heterocycles. The number of hydrogen-bond donors (Lipinski definition) is 1. The lowest BCUT2D eigenvalue weighted by molar-refractivity contribution is 0.677. The summed E-state index contributed by atoms with van der Waals surface area (Å²) < 4.78 is 0. The van der Waals surface area contributed by atoms with E-state index in [1.54, 1.807) is 0 Å². The third-order valence-corrected chi connectivity index (χ3v) is 3.33. The van der Waals surface area contributed by atoms with Crippen LogP contribution in [0.4, 0.5) is 0 Å². The summed E-state index contributed by atoms with van der Waals surface area (Å²) >= 11 is 7.62. The van der Waals surface area contributed by atoms with Crippen molar-refractivity contribution in [1.82, 2.24) is 5.32 Å². The highest BCUT2D eigenvalue weighted by molar-refractivity contribution is 7.99. The van der Waals surface area contributed by atoms with Crippen molar-refractivity contribution in [2.24, 2.45) is 0 Å². The molecule has 1 aromatic rings. The van der Waals surface area contributed by atoms with Crippen LogP contribution in [0.2, 0.25) is 5.02 Å². The van der Waals surface area contributed by atoms with E-state index in [1.165, 1.54) is 4.90 Å². The van der Waals surface area contributed by atoms with Gasteiger partial charge in [0.05, 0.1) is 0 Å². The zero-order chi connectivity index (χ0) is 9.68. The highest BCUT2D eigenvalue weighted by atomic mass is 35.5. The maximum absolute atomic E-state index is 5.78. The third-order valence-electron chi connectivity index (χ3n) is 1.81. The van der Waals surface area contributed by atoms with Crippen molar-refractivity contribution in [3.63, 3.8) is 0 Å². The quantitative estimate of drug-likeness (QED) is 0.823. The van der Waals surface area contributed by atoms with E-state index in [0.29, 0.717) is 6.04 Å². The molecule has 0 fully saturated rings. The third kappa shape index (κ3) is 5.11. The van der Waals surface area contributed by atoms with Crippen molar-refractivity contribution in [1.29, 1.82) is 0 Å². The Bertz CT molecular complexity index is 251. The van der Waals surface area contributed by atoms with Gasteiger partial charge < -0.3 is 5.32 Å². The van der Waals surface area contributed by atoms with Gasteiger partial charge in [0.25, 0.3) is 0 Å². The predicted molar refractivity (Wildman–Crippen MR) is 67.9 cm³/mol. The van der Waals surface area contributed by atoms with Crippen LogP contribution in [0, 0.1) is 0 Å². The number of thioether (sulfide) groups is 1. The van der Waals surface area contributed by atoms with E-state index in [-0.39, 0.29) is 12.4 Å². The van der Waals surface area contributed by atoms with Crippen LogP contribution in [0.3, 0.4) is 0 Å². The van der Waals surface area contributed by atoms with Crippen LogP contribution in [0.5, 0.6) is 0 Å². The van der Waals surface area contributed by atoms with Gasteiger partial charge in [-0.2, -0.15) is 0 Å². The van der Waals surface area contributed by atoms with Crippen LogP contribution in [0.1, 0.15) is 6.92 Å². The molecule has 1 atom stereocenters. The Kier molecular flexibility index (Phi) is 7.47. The molecular weight excluding hydrogens is 237 g/mol. The van der Waals surface area contributed by atoms with Crippen LogP contribution in [-0.2, 0) is 0 Å². The van der Waals surface area contributed by atoms with Crippen LogP contribution < -0.4 is 5.32 Å². The zero-order valence-electron chi connectivity index (χ0n) is 8.29. The number of rotatable bonds is 4. The molecule has 1 nitrogen and oxygen atoms in total. The largest absolute Gasteiger partial charge is 0.316 e. The number of benzene rings is 1. The van der Waals surface area contributed by atoms with Gasteiger partial charge in [0.2, 0.25) is 0 Å². The summed E-state index contributed by atoms with van der Waals surface area (Å²) in [5, 5.41) is 4.00. The first-order chi connectivity index (χ1) is 6.22. The summed E-state index contributed by atoms with van der Waals surface area (Å²) in [6.07, 6.45) is 0. The Labute approximate surface area is 101 Å². The molecule has 0 aliphatic heterocycles. The zero-order valence-corrected chi connectivity index (χ0v) is 10.7. The molecule has 80 valence electrons. The van der Waals surface area contributed by atoms with E-state index in [4.69, 9.17) is 11.6 Å². The molecule has 0 amide bonds. The fourth-order valence-electron chi connectivity index (χ4n) is 0.835. The van der Waals surface area contributed by atoms with Gasteiger partial charge in [-0.1, -0.05) is 11.6 Å². The van der Waals surface area contributed by atoms with Crippen molar-refractivity contribution in [3.05, 3.63) is 29.3 Å². The van der Waals surface area contributed by atoms with Gasteiger partial charge in [-0.3, -0.25) is 0 Å². The average Bonchev–Trinajstić information content (AvgIpc) is 2.16.